The summed E-state index contributed by atoms with van der Waals surface area (Å²) in [6, 6.07) is 6.71. The zero-order valence-electron chi connectivity index (χ0n) is 14.5. The molecule has 1 aromatic rings. The molecule has 0 bridgehead atoms. The second-order valence-electron chi connectivity index (χ2n) is 6.32. The fourth-order valence-electron chi connectivity index (χ4n) is 3.18. The smallest absolute Gasteiger partial charge is 0.310 e. The van der Waals surface area contributed by atoms with Crippen LogP contribution in [-0.4, -0.2) is 57.3 Å². The molecule has 26 heavy (non-hydrogen) atoms. The van der Waals surface area contributed by atoms with Crippen molar-refractivity contribution in [1.29, 1.82) is 0 Å². The van der Waals surface area contributed by atoms with Crippen LogP contribution in [0.25, 0.3) is 0 Å². The number of hydrogen-bond acceptors (Lipinski definition) is 6. The number of esters is 1. The minimum Gasteiger partial charge on any atom is -0.464 e. The van der Waals surface area contributed by atoms with E-state index in [4.69, 9.17) is 4.74 Å². The molecule has 3 rings (SSSR count). The number of nitrogens with one attached hydrogen (secondary N) is 1. The largest absolute Gasteiger partial charge is 0.464 e. The van der Waals surface area contributed by atoms with Gasteiger partial charge in [0.25, 0.3) is 10.0 Å². The van der Waals surface area contributed by atoms with Gasteiger partial charge in [-0.15, -0.1) is 4.40 Å². The Balaban J connectivity index is 1.66. The first kappa shape index (κ1) is 18.4. The average molecular weight is 379 g/mol. The SMILES string of the molecule is CC(=O)NCCOC(=O)C1CCCN(C2=NS(=O)(=O)c3ccccc32)C1. The van der Waals surface area contributed by atoms with Crippen LogP contribution in [0.3, 0.4) is 0 Å². The van der Waals surface area contributed by atoms with Crippen molar-refractivity contribution in [2.24, 2.45) is 10.3 Å². The van der Waals surface area contributed by atoms with Gasteiger partial charge >= 0.3 is 5.97 Å². The summed E-state index contributed by atoms with van der Waals surface area (Å²) < 4.78 is 33.6. The van der Waals surface area contributed by atoms with Gasteiger partial charge in [0.2, 0.25) is 5.91 Å². The highest BCUT2D eigenvalue weighted by Gasteiger charge is 2.35. The second kappa shape index (κ2) is 7.45. The van der Waals surface area contributed by atoms with Gasteiger partial charge < -0.3 is 15.0 Å². The second-order valence-corrected chi connectivity index (χ2v) is 7.89. The van der Waals surface area contributed by atoms with Gasteiger partial charge in [-0.2, -0.15) is 8.42 Å². The number of amidine groups is 1. The topological polar surface area (TPSA) is 105 Å². The average Bonchev–Trinajstić information content (AvgIpc) is 2.90. The van der Waals surface area contributed by atoms with Crippen LogP contribution in [-0.2, 0) is 24.3 Å². The molecule has 2 aliphatic heterocycles. The lowest BCUT2D eigenvalue weighted by molar-refractivity contribution is -0.150. The molecule has 0 aliphatic carbocycles. The molecule has 8 nitrogen and oxygen atoms in total. The Morgan fingerprint density at radius 1 is 1.35 bits per heavy atom. The third-order valence-corrected chi connectivity index (χ3v) is 5.71. The first-order chi connectivity index (χ1) is 12.4. The maximum Gasteiger partial charge on any atom is 0.310 e. The maximum absolute atomic E-state index is 12.3. The molecule has 0 radical (unpaired) electrons. The van der Waals surface area contributed by atoms with Crippen LogP contribution < -0.4 is 5.32 Å². The molecule has 1 amide bonds. The number of amides is 1. The number of fused-ring (bicyclic) bond motifs is 1. The van der Waals surface area contributed by atoms with Crippen molar-refractivity contribution in [3.63, 3.8) is 0 Å². The molecule has 0 aromatic heterocycles. The first-order valence-corrected chi connectivity index (χ1v) is 9.93. The number of nitrogens with zero attached hydrogens (tertiary/aromatic N) is 2. The molecular weight excluding hydrogens is 358 g/mol. The third kappa shape index (κ3) is 3.87. The molecule has 0 saturated carbocycles. The number of likely N-dealkylation sites (tertiary alicyclic amines) is 1. The van der Waals surface area contributed by atoms with Crippen molar-refractivity contribution >= 4 is 27.7 Å². The number of piperidine rings is 1. The summed E-state index contributed by atoms with van der Waals surface area (Å²) in [6.45, 7) is 2.79. The van der Waals surface area contributed by atoms with Crippen LogP contribution in [0.4, 0.5) is 0 Å². The van der Waals surface area contributed by atoms with Crippen LogP contribution >= 0.6 is 0 Å². The monoisotopic (exact) mass is 379 g/mol. The Kier molecular flexibility index (Phi) is 5.26. The predicted molar refractivity (Wildman–Crippen MR) is 94.1 cm³/mol. The summed E-state index contributed by atoms with van der Waals surface area (Å²) in [5.74, 6) is -0.464. The zero-order valence-corrected chi connectivity index (χ0v) is 15.3. The summed E-state index contributed by atoms with van der Waals surface area (Å²) in [4.78, 5) is 25.1. The fraction of sp³-hybridized carbons (Fsp3) is 0.471. The Morgan fingerprint density at radius 2 is 2.12 bits per heavy atom. The van der Waals surface area contributed by atoms with Crippen LogP contribution in [0.5, 0.6) is 0 Å². The Morgan fingerprint density at radius 3 is 2.88 bits per heavy atom. The number of rotatable bonds is 4. The van der Waals surface area contributed by atoms with E-state index in [9.17, 15) is 18.0 Å². The summed E-state index contributed by atoms with van der Waals surface area (Å²) in [7, 11) is -3.68. The van der Waals surface area contributed by atoms with E-state index in [-0.39, 0.29) is 35.8 Å². The van der Waals surface area contributed by atoms with Gasteiger partial charge in [0, 0.05) is 25.6 Å². The molecule has 1 N–H and O–H groups in total. The fourth-order valence-corrected chi connectivity index (χ4v) is 4.40. The molecule has 0 spiro atoms. The summed E-state index contributed by atoms with van der Waals surface area (Å²) in [6.07, 6.45) is 1.42. The lowest BCUT2D eigenvalue weighted by Gasteiger charge is -2.32. The highest BCUT2D eigenvalue weighted by Crippen LogP contribution is 2.29. The van der Waals surface area contributed by atoms with E-state index in [0.717, 1.165) is 6.42 Å². The Hall–Kier alpha value is -2.42. The number of carbonyl (C=O) groups excluding carboxylic acids is 2. The highest BCUT2D eigenvalue weighted by molar-refractivity contribution is 7.90. The van der Waals surface area contributed by atoms with Gasteiger partial charge in [0.1, 0.15) is 11.5 Å². The Labute approximate surface area is 152 Å². The van der Waals surface area contributed by atoms with E-state index in [0.29, 0.717) is 30.9 Å². The van der Waals surface area contributed by atoms with Gasteiger partial charge in [0.15, 0.2) is 5.84 Å². The van der Waals surface area contributed by atoms with Crippen molar-refractivity contribution in [3.8, 4) is 0 Å². The van der Waals surface area contributed by atoms with Gasteiger partial charge in [0.05, 0.1) is 12.5 Å². The highest BCUT2D eigenvalue weighted by atomic mass is 32.2. The summed E-state index contributed by atoms with van der Waals surface area (Å²) >= 11 is 0. The summed E-state index contributed by atoms with van der Waals surface area (Å²) in [5.41, 5.74) is 0.576. The molecule has 140 valence electrons. The van der Waals surface area contributed by atoms with Gasteiger partial charge in [-0.25, -0.2) is 0 Å². The minimum absolute atomic E-state index is 0.118. The molecule has 1 fully saturated rings. The van der Waals surface area contributed by atoms with Crippen molar-refractivity contribution in [3.05, 3.63) is 29.8 Å². The molecule has 1 aromatic carbocycles. The van der Waals surface area contributed by atoms with Crippen molar-refractivity contribution < 1.29 is 22.7 Å². The van der Waals surface area contributed by atoms with Crippen LogP contribution in [0.15, 0.2) is 33.6 Å². The van der Waals surface area contributed by atoms with E-state index < -0.39 is 10.0 Å². The van der Waals surface area contributed by atoms with Crippen LogP contribution in [0.2, 0.25) is 0 Å². The van der Waals surface area contributed by atoms with Gasteiger partial charge in [-0.3, -0.25) is 9.59 Å². The van der Waals surface area contributed by atoms with E-state index >= 15 is 0 Å². The number of sulfonamides is 1. The molecule has 9 heteroatoms. The first-order valence-electron chi connectivity index (χ1n) is 8.49. The molecule has 1 saturated heterocycles. The number of benzene rings is 1. The lowest BCUT2D eigenvalue weighted by Crippen LogP contribution is -2.43. The molecule has 1 atom stereocenters. The molecule has 2 heterocycles. The lowest BCUT2D eigenvalue weighted by atomic mass is 9.97. The van der Waals surface area contributed by atoms with Crippen molar-refractivity contribution in [2.45, 2.75) is 24.7 Å². The standard InChI is InChI=1S/C17H21N3O5S/c1-12(21)18-8-10-25-17(22)13-5-4-9-20(11-13)16-14-6-2-3-7-15(14)26(23,24)19-16/h2-3,6-7,13H,4-5,8-11H2,1H3,(H,18,21). The molecule has 1 unspecified atom stereocenters. The van der Waals surface area contributed by atoms with E-state index in [2.05, 4.69) is 9.71 Å². The number of hydrogen-bond donors (Lipinski definition) is 1. The third-order valence-electron chi connectivity index (χ3n) is 4.39. The zero-order chi connectivity index (χ0) is 18.7. The van der Waals surface area contributed by atoms with E-state index in [1.165, 1.54) is 6.92 Å². The normalized spacial score (nSPS) is 20.9. The van der Waals surface area contributed by atoms with Crippen LogP contribution in [0.1, 0.15) is 25.3 Å². The van der Waals surface area contributed by atoms with E-state index in [1.807, 2.05) is 4.90 Å². The van der Waals surface area contributed by atoms with E-state index in [1.54, 1.807) is 24.3 Å². The Bertz CT molecular complexity index is 850. The maximum atomic E-state index is 12.3. The van der Waals surface area contributed by atoms with Crippen molar-refractivity contribution in [1.82, 2.24) is 10.2 Å². The number of carbonyl (C=O) groups is 2. The quantitative estimate of drug-likeness (QED) is 0.604. The van der Waals surface area contributed by atoms with Gasteiger partial charge in [-0.05, 0) is 25.0 Å². The molecular formula is C17H21N3O5S. The summed E-state index contributed by atoms with van der Waals surface area (Å²) in [5, 5.41) is 2.56. The minimum atomic E-state index is -3.68. The number of ether oxygens (including phenoxy) is 1. The molecule has 2 aliphatic rings. The van der Waals surface area contributed by atoms with Crippen LogP contribution in [0, 0.1) is 5.92 Å². The predicted octanol–water partition coefficient (Wildman–Crippen LogP) is 0.527. The van der Waals surface area contributed by atoms with Crippen molar-refractivity contribution in [2.75, 3.05) is 26.2 Å². The van der Waals surface area contributed by atoms with Gasteiger partial charge in [-0.1, -0.05) is 12.1 Å².